The van der Waals surface area contributed by atoms with E-state index in [1.807, 2.05) is 0 Å². The summed E-state index contributed by atoms with van der Waals surface area (Å²) in [4.78, 5) is 24.4. The van der Waals surface area contributed by atoms with Crippen LogP contribution in [0.3, 0.4) is 0 Å². The van der Waals surface area contributed by atoms with Crippen LogP contribution in [0.5, 0.6) is 0 Å². The Morgan fingerprint density at radius 2 is 1.73 bits per heavy atom. The van der Waals surface area contributed by atoms with Crippen molar-refractivity contribution in [3.63, 3.8) is 0 Å². The molecule has 0 saturated carbocycles. The molecule has 0 saturated heterocycles. The average molecular weight is 347 g/mol. The van der Waals surface area contributed by atoms with Crippen LogP contribution in [-0.2, 0) is 9.59 Å². The second-order valence-corrected chi connectivity index (χ2v) is 5.97. The maximum absolute atomic E-state index is 12.0. The molecule has 3 N–H and O–H groups in total. The van der Waals surface area contributed by atoms with E-state index in [1.54, 1.807) is 25.2 Å². The molecule has 0 aromatic heterocycles. The number of para-hydroxylation sites is 1. The molecule has 1 aromatic rings. The van der Waals surface area contributed by atoms with E-state index < -0.39 is 0 Å². The number of rotatable bonds is 8. The highest BCUT2D eigenvalue weighted by molar-refractivity contribution is 6.39. The van der Waals surface area contributed by atoms with Gasteiger partial charge in [0.05, 0.1) is 22.8 Å². The zero-order valence-electron chi connectivity index (χ0n) is 12.8. The van der Waals surface area contributed by atoms with Crippen LogP contribution in [0.4, 0.5) is 5.69 Å². The first kappa shape index (κ1) is 18.7. The second-order valence-electron chi connectivity index (χ2n) is 5.16. The largest absolute Gasteiger partial charge is 0.351 e. The number of hydrogen-bond acceptors (Lipinski definition) is 2. The van der Waals surface area contributed by atoms with E-state index in [9.17, 15) is 9.59 Å². The second kappa shape index (κ2) is 9.66. The quantitative estimate of drug-likeness (QED) is 0.622. The van der Waals surface area contributed by atoms with Crippen molar-refractivity contribution in [2.75, 3.05) is 32.0 Å². The molecule has 0 aliphatic rings. The molecule has 0 heterocycles. The van der Waals surface area contributed by atoms with Crippen molar-refractivity contribution < 1.29 is 14.5 Å². The van der Waals surface area contributed by atoms with Crippen LogP contribution >= 0.6 is 23.2 Å². The van der Waals surface area contributed by atoms with Gasteiger partial charge in [-0.05, 0) is 18.6 Å². The summed E-state index contributed by atoms with van der Waals surface area (Å²) in [6, 6.07) is 5.01. The molecule has 5 nitrogen and oxygen atoms in total. The minimum Gasteiger partial charge on any atom is -0.351 e. The summed E-state index contributed by atoms with van der Waals surface area (Å²) in [5, 5.41) is 6.27. The minimum atomic E-state index is -0.242. The number of amides is 2. The van der Waals surface area contributed by atoms with Crippen LogP contribution in [0.15, 0.2) is 18.2 Å². The van der Waals surface area contributed by atoms with Crippen molar-refractivity contribution in [3.05, 3.63) is 28.2 Å². The number of carbonyl (C=O) groups is 2. The van der Waals surface area contributed by atoms with Gasteiger partial charge in [0.1, 0.15) is 0 Å². The molecule has 22 heavy (non-hydrogen) atoms. The van der Waals surface area contributed by atoms with Gasteiger partial charge in [-0.2, -0.15) is 0 Å². The highest BCUT2D eigenvalue weighted by Crippen LogP contribution is 2.29. The Hall–Kier alpha value is -1.30. The number of quaternary nitrogens is 1. The summed E-state index contributed by atoms with van der Waals surface area (Å²) in [7, 11) is 1.78. The molecule has 1 unspecified atom stereocenters. The highest BCUT2D eigenvalue weighted by atomic mass is 35.5. The van der Waals surface area contributed by atoms with E-state index >= 15 is 0 Å². The summed E-state index contributed by atoms with van der Waals surface area (Å²) in [5.41, 5.74) is 0.399. The Labute approximate surface area is 141 Å². The number of nitrogens with one attached hydrogen (secondary N) is 3. The van der Waals surface area contributed by atoms with Gasteiger partial charge in [0.25, 0.3) is 11.8 Å². The molecule has 0 spiro atoms. The Balaban J connectivity index is 2.43. The van der Waals surface area contributed by atoms with E-state index in [0.29, 0.717) is 22.3 Å². The average Bonchev–Trinajstić information content (AvgIpc) is 2.43. The molecule has 0 aliphatic carbocycles. The number of carbonyl (C=O) groups excluding carboxylic acids is 2. The van der Waals surface area contributed by atoms with Crippen molar-refractivity contribution in [3.8, 4) is 0 Å². The van der Waals surface area contributed by atoms with Gasteiger partial charge >= 0.3 is 0 Å². The third-order valence-electron chi connectivity index (χ3n) is 3.00. The Morgan fingerprint density at radius 1 is 1.14 bits per heavy atom. The van der Waals surface area contributed by atoms with Gasteiger partial charge in [0.15, 0.2) is 13.1 Å². The van der Waals surface area contributed by atoms with Crippen LogP contribution in [0.1, 0.15) is 19.8 Å². The van der Waals surface area contributed by atoms with Crippen LogP contribution in [0.2, 0.25) is 10.0 Å². The Bertz CT molecular complexity index is 503. The molecule has 2 amide bonds. The van der Waals surface area contributed by atoms with E-state index in [1.165, 1.54) is 0 Å². The maximum Gasteiger partial charge on any atom is 0.279 e. The van der Waals surface area contributed by atoms with Crippen LogP contribution in [0.25, 0.3) is 0 Å². The molecule has 7 heteroatoms. The predicted molar refractivity (Wildman–Crippen MR) is 89.6 cm³/mol. The SMILES string of the molecule is CCCCNC(=O)C[NH+](C)CC(=O)Nc1c(Cl)cccc1Cl. The van der Waals surface area contributed by atoms with Crippen molar-refractivity contribution in [2.45, 2.75) is 19.8 Å². The zero-order chi connectivity index (χ0) is 16.5. The maximum atomic E-state index is 12.0. The van der Waals surface area contributed by atoms with Crippen molar-refractivity contribution >= 4 is 40.7 Å². The Kier molecular flexibility index (Phi) is 8.24. The first-order chi connectivity index (χ1) is 10.4. The molecule has 122 valence electrons. The van der Waals surface area contributed by atoms with E-state index in [0.717, 1.165) is 17.7 Å². The first-order valence-corrected chi connectivity index (χ1v) is 8.01. The fraction of sp³-hybridized carbons (Fsp3) is 0.467. The topological polar surface area (TPSA) is 62.6 Å². The van der Waals surface area contributed by atoms with Crippen LogP contribution < -0.4 is 15.5 Å². The molecule has 0 radical (unpaired) electrons. The van der Waals surface area contributed by atoms with Gasteiger partial charge in [-0.15, -0.1) is 0 Å². The fourth-order valence-corrected chi connectivity index (χ4v) is 2.37. The van der Waals surface area contributed by atoms with E-state index in [-0.39, 0.29) is 24.9 Å². The summed E-state index contributed by atoms with van der Waals surface area (Å²) in [5.74, 6) is -0.302. The van der Waals surface area contributed by atoms with Gasteiger partial charge in [-0.25, -0.2) is 0 Å². The number of hydrogen-bond donors (Lipinski definition) is 3. The van der Waals surface area contributed by atoms with Gasteiger partial charge in [-0.1, -0.05) is 42.6 Å². The van der Waals surface area contributed by atoms with Crippen LogP contribution in [-0.4, -0.2) is 38.5 Å². The first-order valence-electron chi connectivity index (χ1n) is 7.26. The number of halogens is 2. The standard InChI is InChI=1S/C15H21Cl2N3O2/c1-3-4-8-18-13(21)9-20(2)10-14(22)19-15-11(16)6-5-7-12(15)17/h5-7H,3-4,8-10H2,1-2H3,(H,18,21)(H,19,22)/p+1. The smallest absolute Gasteiger partial charge is 0.279 e. The third kappa shape index (κ3) is 6.64. The molecular formula is C15H22Cl2N3O2+. The molecule has 0 fully saturated rings. The minimum absolute atomic E-state index is 0.0606. The molecule has 1 rings (SSSR count). The van der Waals surface area contributed by atoms with Crippen molar-refractivity contribution in [1.82, 2.24) is 5.32 Å². The summed E-state index contributed by atoms with van der Waals surface area (Å²) >= 11 is 12.0. The lowest BCUT2D eigenvalue weighted by molar-refractivity contribution is -0.862. The van der Waals surface area contributed by atoms with Gasteiger partial charge in [0.2, 0.25) is 0 Å². The van der Waals surface area contributed by atoms with Gasteiger partial charge in [0, 0.05) is 6.54 Å². The lowest BCUT2D eigenvalue weighted by Gasteiger charge is -2.14. The monoisotopic (exact) mass is 346 g/mol. The van der Waals surface area contributed by atoms with E-state index in [4.69, 9.17) is 23.2 Å². The molecule has 1 aromatic carbocycles. The van der Waals surface area contributed by atoms with Crippen LogP contribution in [0, 0.1) is 0 Å². The number of unbranched alkanes of at least 4 members (excludes halogenated alkanes) is 1. The zero-order valence-corrected chi connectivity index (χ0v) is 14.4. The lowest BCUT2D eigenvalue weighted by Crippen LogP contribution is -3.11. The third-order valence-corrected chi connectivity index (χ3v) is 3.63. The fourth-order valence-electron chi connectivity index (χ4n) is 1.88. The molecule has 0 aliphatic heterocycles. The summed E-state index contributed by atoms with van der Waals surface area (Å²) in [6.07, 6.45) is 1.99. The Morgan fingerprint density at radius 3 is 2.32 bits per heavy atom. The number of benzene rings is 1. The molecular weight excluding hydrogens is 325 g/mol. The highest BCUT2D eigenvalue weighted by Gasteiger charge is 2.16. The van der Waals surface area contributed by atoms with Gasteiger partial charge < -0.3 is 15.5 Å². The lowest BCUT2D eigenvalue weighted by atomic mass is 10.3. The number of anilines is 1. The molecule has 0 bridgehead atoms. The summed E-state index contributed by atoms with van der Waals surface area (Å²) < 4.78 is 0. The predicted octanol–water partition coefficient (Wildman–Crippen LogP) is 1.36. The normalized spacial score (nSPS) is 11.8. The van der Waals surface area contributed by atoms with Crippen molar-refractivity contribution in [1.29, 1.82) is 0 Å². The molecule has 1 atom stereocenters. The van der Waals surface area contributed by atoms with Crippen molar-refractivity contribution in [2.24, 2.45) is 0 Å². The summed E-state index contributed by atoms with van der Waals surface area (Å²) in [6.45, 7) is 3.13. The van der Waals surface area contributed by atoms with Gasteiger partial charge in [-0.3, -0.25) is 9.59 Å². The van der Waals surface area contributed by atoms with E-state index in [2.05, 4.69) is 17.6 Å². The number of likely N-dealkylation sites (N-methyl/N-ethyl adjacent to an activating group) is 1.